The smallest absolute Gasteiger partial charge is 0.306 e. The van der Waals surface area contributed by atoms with Gasteiger partial charge in [-0.2, -0.15) is 0 Å². The molecule has 0 radical (unpaired) electrons. The molecule has 110 valence electrons. The molecule has 1 aromatic carbocycles. The molecule has 0 aromatic heterocycles. The van der Waals surface area contributed by atoms with E-state index in [1.165, 1.54) is 12.1 Å². The third-order valence-electron chi connectivity index (χ3n) is 3.98. The van der Waals surface area contributed by atoms with Gasteiger partial charge >= 0.3 is 5.97 Å². The van der Waals surface area contributed by atoms with Gasteiger partial charge in [0.2, 0.25) is 0 Å². The van der Waals surface area contributed by atoms with Crippen LogP contribution >= 0.6 is 0 Å². The topological polar surface area (TPSA) is 49.3 Å². The second-order valence-electron chi connectivity index (χ2n) is 5.33. The van der Waals surface area contributed by atoms with Crippen molar-refractivity contribution >= 4 is 5.97 Å². The first-order valence-corrected chi connectivity index (χ1v) is 6.96. The molecule has 2 atom stereocenters. The molecule has 3 nitrogen and oxygen atoms in total. The van der Waals surface area contributed by atoms with Crippen molar-refractivity contribution in [3.05, 3.63) is 35.4 Å². The van der Waals surface area contributed by atoms with Crippen LogP contribution in [0.15, 0.2) is 18.2 Å². The van der Waals surface area contributed by atoms with E-state index < -0.39 is 17.6 Å². The van der Waals surface area contributed by atoms with Crippen LogP contribution < -0.4 is 5.32 Å². The Bertz CT molecular complexity index is 479. The summed E-state index contributed by atoms with van der Waals surface area (Å²) in [6.45, 7) is 0.735. The van der Waals surface area contributed by atoms with E-state index in [1.807, 2.05) is 0 Å². The number of aliphatic carboxylic acids is 1. The van der Waals surface area contributed by atoms with Gasteiger partial charge in [0.05, 0.1) is 5.92 Å². The van der Waals surface area contributed by atoms with E-state index in [-0.39, 0.29) is 23.9 Å². The first-order chi connectivity index (χ1) is 9.59. The Morgan fingerprint density at radius 3 is 2.80 bits per heavy atom. The van der Waals surface area contributed by atoms with Crippen LogP contribution in [0, 0.1) is 23.5 Å². The molecule has 0 heterocycles. The highest BCUT2D eigenvalue weighted by atomic mass is 19.2. The summed E-state index contributed by atoms with van der Waals surface area (Å²) in [5.41, 5.74) is 0.271. The van der Waals surface area contributed by atoms with Gasteiger partial charge in [-0.1, -0.05) is 25.0 Å². The number of carboxylic acid groups (broad SMARTS) is 1. The van der Waals surface area contributed by atoms with Crippen molar-refractivity contribution < 1.29 is 18.7 Å². The predicted octanol–water partition coefficient (Wildman–Crippen LogP) is 2.95. The minimum absolute atomic E-state index is 0.0675. The van der Waals surface area contributed by atoms with Crippen LogP contribution in [0.5, 0.6) is 0 Å². The summed E-state index contributed by atoms with van der Waals surface area (Å²) in [5.74, 6) is -2.70. The van der Waals surface area contributed by atoms with Gasteiger partial charge in [-0.25, -0.2) is 8.78 Å². The van der Waals surface area contributed by atoms with Crippen molar-refractivity contribution in [2.24, 2.45) is 11.8 Å². The highest BCUT2D eigenvalue weighted by Gasteiger charge is 2.30. The fourth-order valence-electron chi connectivity index (χ4n) is 2.85. The van der Waals surface area contributed by atoms with Crippen molar-refractivity contribution in [2.45, 2.75) is 32.2 Å². The minimum atomic E-state index is -0.856. The second-order valence-corrected chi connectivity index (χ2v) is 5.33. The summed E-state index contributed by atoms with van der Waals surface area (Å²) in [6, 6.07) is 4.08. The summed E-state index contributed by atoms with van der Waals surface area (Å²) >= 11 is 0. The predicted molar refractivity (Wildman–Crippen MR) is 71.1 cm³/mol. The number of hydrogen-bond acceptors (Lipinski definition) is 2. The lowest BCUT2D eigenvalue weighted by Crippen LogP contribution is -2.34. The second kappa shape index (κ2) is 6.79. The molecule has 2 unspecified atom stereocenters. The van der Waals surface area contributed by atoms with Gasteiger partial charge < -0.3 is 10.4 Å². The summed E-state index contributed by atoms with van der Waals surface area (Å²) in [5, 5.41) is 12.2. The fraction of sp³-hybridized carbons (Fsp3) is 0.533. The summed E-state index contributed by atoms with van der Waals surface area (Å²) < 4.78 is 26.5. The Hall–Kier alpha value is -1.49. The largest absolute Gasteiger partial charge is 0.481 e. The standard InChI is InChI=1S/C15H19F2NO2/c16-13-7-3-5-11(14(13)17)9-18-8-10-4-1-2-6-12(10)15(19)20/h3,5,7,10,12,18H,1-2,4,6,8-9H2,(H,19,20). The lowest BCUT2D eigenvalue weighted by Gasteiger charge is -2.28. The molecule has 1 aliphatic carbocycles. The number of rotatable bonds is 5. The van der Waals surface area contributed by atoms with Gasteiger partial charge in [0, 0.05) is 12.1 Å². The van der Waals surface area contributed by atoms with Crippen LogP contribution in [0.25, 0.3) is 0 Å². The number of hydrogen-bond donors (Lipinski definition) is 2. The zero-order valence-electron chi connectivity index (χ0n) is 11.2. The molecule has 1 saturated carbocycles. The van der Waals surface area contributed by atoms with E-state index in [1.54, 1.807) is 0 Å². The molecule has 1 fully saturated rings. The van der Waals surface area contributed by atoms with Crippen molar-refractivity contribution in [3.63, 3.8) is 0 Å². The fourth-order valence-corrected chi connectivity index (χ4v) is 2.85. The number of benzene rings is 1. The van der Waals surface area contributed by atoms with E-state index in [0.717, 1.165) is 25.3 Å². The van der Waals surface area contributed by atoms with Crippen LogP contribution in [0.2, 0.25) is 0 Å². The minimum Gasteiger partial charge on any atom is -0.481 e. The first-order valence-electron chi connectivity index (χ1n) is 6.96. The Balaban J connectivity index is 1.88. The summed E-state index contributed by atoms with van der Waals surface area (Å²) in [7, 11) is 0. The zero-order valence-corrected chi connectivity index (χ0v) is 11.2. The molecule has 0 aliphatic heterocycles. The maximum atomic E-state index is 13.5. The summed E-state index contributed by atoms with van der Waals surface area (Å²) in [6.07, 6.45) is 3.56. The molecule has 0 saturated heterocycles. The molecular weight excluding hydrogens is 264 g/mol. The van der Waals surface area contributed by atoms with Gasteiger partial charge in [-0.15, -0.1) is 0 Å². The molecular formula is C15H19F2NO2. The normalized spacial score (nSPS) is 22.7. The molecule has 0 amide bonds. The van der Waals surface area contributed by atoms with Gasteiger partial charge in [-0.3, -0.25) is 4.79 Å². The molecule has 2 N–H and O–H groups in total. The maximum Gasteiger partial charge on any atom is 0.306 e. The van der Waals surface area contributed by atoms with Crippen LogP contribution in [0.1, 0.15) is 31.2 Å². The summed E-state index contributed by atoms with van der Waals surface area (Å²) in [4.78, 5) is 11.2. The molecule has 5 heteroatoms. The molecule has 2 rings (SSSR count). The number of halogens is 2. The van der Waals surface area contributed by atoms with E-state index in [9.17, 15) is 13.6 Å². The van der Waals surface area contributed by atoms with Gasteiger partial charge in [0.15, 0.2) is 11.6 Å². The van der Waals surface area contributed by atoms with Gasteiger partial charge in [0.1, 0.15) is 0 Å². The van der Waals surface area contributed by atoms with E-state index in [4.69, 9.17) is 5.11 Å². The molecule has 0 spiro atoms. The number of nitrogens with one attached hydrogen (secondary N) is 1. The SMILES string of the molecule is O=C(O)C1CCCCC1CNCc1cccc(F)c1F. The number of carboxylic acids is 1. The Labute approximate surface area is 117 Å². The lowest BCUT2D eigenvalue weighted by atomic mass is 9.79. The Morgan fingerprint density at radius 1 is 1.30 bits per heavy atom. The average molecular weight is 283 g/mol. The lowest BCUT2D eigenvalue weighted by molar-refractivity contribution is -0.144. The van der Waals surface area contributed by atoms with E-state index in [2.05, 4.69) is 5.32 Å². The molecule has 20 heavy (non-hydrogen) atoms. The van der Waals surface area contributed by atoms with Gasteiger partial charge in [-0.05, 0) is 31.4 Å². The van der Waals surface area contributed by atoms with Crippen LogP contribution in [-0.4, -0.2) is 17.6 Å². The Morgan fingerprint density at radius 2 is 2.05 bits per heavy atom. The quantitative estimate of drug-likeness (QED) is 0.873. The first kappa shape index (κ1) is 14.9. The molecule has 0 bridgehead atoms. The monoisotopic (exact) mass is 283 g/mol. The Kier molecular flexibility index (Phi) is 5.06. The van der Waals surface area contributed by atoms with Crippen molar-refractivity contribution in [1.82, 2.24) is 5.32 Å². The van der Waals surface area contributed by atoms with Crippen LogP contribution in [0.3, 0.4) is 0 Å². The average Bonchev–Trinajstić information content (AvgIpc) is 2.44. The maximum absolute atomic E-state index is 13.5. The third kappa shape index (κ3) is 3.54. The zero-order chi connectivity index (χ0) is 14.5. The van der Waals surface area contributed by atoms with Crippen molar-refractivity contribution in [1.29, 1.82) is 0 Å². The molecule has 1 aromatic rings. The third-order valence-corrected chi connectivity index (χ3v) is 3.98. The van der Waals surface area contributed by atoms with E-state index >= 15 is 0 Å². The van der Waals surface area contributed by atoms with Crippen LogP contribution in [-0.2, 0) is 11.3 Å². The van der Waals surface area contributed by atoms with Crippen molar-refractivity contribution in [3.8, 4) is 0 Å². The highest BCUT2D eigenvalue weighted by molar-refractivity contribution is 5.70. The van der Waals surface area contributed by atoms with E-state index in [0.29, 0.717) is 13.0 Å². The molecule has 1 aliphatic rings. The number of carbonyl (C=O) groups is 1. The van der Waals surface area contributed by atoms with Crippen molar-refractivity contribution in [2.75, 3.05) is 6.54 Å². The highest BCUT2D eigenvalue weighted by Crippen LogP contribution is 2.29. The van der Waals surface area contributed by atoms with Crippen LogP contribution in [0.4, 0.5) is 8.78 Å². The van der Waals surface area contributed by atoms with Gasteiger partial charge in [0.25, 0.3) is 0 Å².